The molecule has 0 saturated carbocycles. The predicted octanol–water partition coefficient (Wildman–Crippen LogP) is 2.28. The molecule has 0 unspecified atom stereocenters. The van der Waals surface area contributed by atoms with Gasteiger partial charge in [0.2, 0.25) is 10.0 Å². The van der Waals surface area contributed by atoms with Crippen LogP contribution in [0.2, 0.25) is 0 Å². The minimum atomic E-state index is -4.35. The topological polar surface area (TPSA) is 60.2 Å². The van der Waals surface area contributed by atoms with Gasteiger partial charge in [-0.05, 0) is 17.7 Å². The van der Waals surface area contributed by atoms with Crippen LogP contribution in [0.5, 0.6) is 0 Å². The van der Waals surface area contributed by atoms with Crippen LogP contribution in [0.25, 0.3) is 11.1 Å². The van der Waals surface area contributed by atoms with Crippen molar-refractivity contribution >= 4 is 10.0 Å². The first kappa shape index (κ1) is 12.7. The highest BCUT2D eigenvalue weighted by Crippen LogP contribution is 2.29. The third kappa shape index (κ3) is 2.25. The number of halogens is 2. The molecule has 18 heavy (non-hydrogen) atoms. The number of nitrogens with two attached hydrogens (primary N) is 1. The van der Waals surface area contributed by atoms with Crippen LogP contribution in [0.3, 0.4) is 0 Å². The quantitative estimate of drug-likeness (QED) is 0.909. The van der Waals surface area contributed by atoms with E-state index in [4.69, 9.17) is 5.14 Å². The monoisotopic (exact) mass is 269 g/mol. The molecule has 2 aromatic rings. The molecule has 0 bridgehead atoms. The van der Waals surface area contributed by atoms with E-state index in [0.717, 1.165) is 6.07 Å². The maximum atomic E-state index is 13.6. The van der Waals surface area contributed by atoms with Crippen molar-refractivity contribution in [2.24, 2.45) is 5.14 Å². The lowest BCUT2D eigenvalue weighted by Crippen LogP contribution is -2.16. The van der Waals surface area contributed by atoms with E-state index < -0.39 is 26.6 Å². The van der Waals surface area contributed by atoms with Crippen LogP contribution in [0.1, 0.15) is 0 Å². The van der Waals surface area contributed by atoms with Gasteiger partial charge >= 0.3 is 0 Å². The molecule has 2 aromatic carbocycles. The summed E-state index contributed by atoms with van der Waals surface area (Å²) in [5, 5.41) is 4.93. The van der Waals surface area contributed by atoms with E-state index in [0.29, 0.717) is 5.56 Å². The summed E-state index contributed by atoms with van der Waals surface area (Å²) in [6.45, 7) is 0. The highest BCUT2D eigenvalue weighted by atomic mass is 32.2. The molecule has 0 spiro atoms. The van der Waals surface area contributed by atoms with Gasteiger partial charge in [-0.3, -0.25) is 0 Å². The molecule has 0 aliphatic carbocycles. The molecule has 0 aromatic heterocycles. The number of sulfonamides is 1. The zero-order chi connectivity index (χ0) is 13.3. The number of benzene rings is 2. The molecule has 2 N–H and O–H groups in total. The predicted molar refractivity (Wildman–Crippen MR) is 63.2 cm³/mol. The van der Waals surface area contributed by atoms with Crippen molar-refractivity contribution in [3.63, 3.8) is 0 Å². The first-order chi connectivity index (χ1) is 8.41. The van der Waals surface area contributed by atoms with Gasteiger partial charge in [0.25, 0.3) is 0 Å². The molecular weight excluding hydrogens is 260 g/mol. The third-order valence-corrected chi connectivity index (χ3v) is 3.39. The molecule has 0 amide bonds. The molecule has 3 nitrogen and oxygen atoms in total. The molecule has 0 saturated heterocycles. The number of primary sulfonamides is 1. The van der Waals surface area contributed by atoms with Gasteiger partial charge in [-0.2, -0.15) is 0 Å². The fraction of sp³-hybridized carbons (Fsp3) is 0. The zero-order valence-electron chi connectivity index (χ0n) is 9.10. The lowest BCUT2D eigenvalue weighted by Gasteiger charge is -2.09. The van der Waals surface area contributed by atoms with Gasteiger partial charge in [-0.15, -0.1) is 0 Å². The Bertz CT molecular complexity index is 685. The smallest absolute Gasteiger partial charge is 0.225 e. The summed E-state index contributed by atoms with van der Waals surface area (Å²) in [5.41, 5.74) is 0.484. The summed E-state index contributed by atoms with van der Waals surface area (Å²) in [6.07, 6.45) is 0. The van der Waals surface area contributed by atoms with Crippen LogP contribution >= 0.6 is 0 Å². The van der Waals surface area contributed by atoms with Gasteiger partial charge in [0.05, 0.1) is 0 Å². The summed E-state index contributed by atoms with van der Waals surface area (Å²) in [4.78, 5) is -0.825. The minimum absolute atomic E-state index is 0.0389. The summed E-state index contributed by atoms with van der Waals surface area (Å²) in [7, 11) is -4.35. The fourth-order valence-corrected chi connectivity index (χ4v) is 2.49. The second-order valence-corrected chi connectivity index (χ2v) is 5.15. The Labute approximate surface area is 103 Å². The molecular formula is C12H9F2NO2S. The van der Waals surface area contributed by atoms with Gasteiger partial charge in [0.1, 0.15) is 4.90 Å². The van der Waals surface area contributed by atoms with Crippen LogP contribution in [0, 0.1) is 11.6 Å². The minimum Gasteiger partial charge on any atom is -0.225 e. The highest BCUT2D eigenvalue weighted by molar-refractivity contribution is 7.89. The van der Waals surface area contributed by atoms with E-state index >= 15 is 0 Å². The van der Waals surface area contributed by atoms with Crippen molar-refractivity contribution < 1.29 is 17.2 Å². The van der Waals surface area contributed by atoms with Crippen LogP contribution in [-0.4, -0.2) is 8.42 Å². The summed E-state index contributed by atoms with van der Waals surface area (Å²) < 4.78 is 49.5. The van der Waals surface area contributed by atoms with Crippen LogP contribution in [0.4, 0.5) is 8.78 Å². The normalized spacial score (nSPS) is 11.5. The summed E-state index contributed by atoms with van der Waals surface area (Å²) in [5.74, 6) is -2.71. The Hall–Kier alpha value is -1.79. The molecule has 2 rings (SSSR count). The van der Waals surface area contributed by atoms with Gasteiger partial charge < -0.3 is 0 Å². The number of hydrogen-bond donors (Lipinski definition) is 1. The van der Waals surface area contributed by atoms with Crippen molar-refractivity contribution in [2.45, 2.75) is 4.90 Å². The van der Waals surface area contributed by atoms with Crippen LogP contribution < -0.4 is 5.14 Å². The molecule has 0 aliphatic rings. The molecule has 0 atom stereocenters. The Morgan fingerprint density at radius 3 is 2.11 bits per heavy atom. The van der Waals surface area contributed by atoms with E-state index in [1.807, 2.05) is 0 Å². The number of hydrogen-bond acceptors (Lipinski definition) is 2. The second-order valence-electron chi connectivity index (χ2n) is 3.65. The SMILES string of the molecule is NS(=O)(=O)c1c(-c2ccccc2)ccc(F)c1F. The average Bonchev–Trinajstić information content (AvgIpc) is 2.32. The van der Waals surface area contributed by atoms with E-state index in [-0.39, 0.29) is 5.56 Å². The van der Waals surface area contributed by atoms with Gasteiger partial charge in [-0.1, -0.05) is 30.3 Å². The van der Waals surface area contributed by atoms with Crippen molar-refractivity contribution in [1.29, 1.82) is 0 Å². The van der Waals surface area contributed by atoms with Crippen LogP contribution in [0.15, 0.2) is 47.4 Å². The molecule has 0 radical (unpaired) electrons. The Morgan fingerprint density at radius 2 is 1.56 bits per heavy atom. The van der Waals surface area contributed by atoms with E-state index in [9.17, 15) is 17.2 Å². The first-order valence-corrected chi connectivity index (χ1v) is 6.52. The van der Waals surface area contributed by atoms with E-state index in [1.165, 1.54) is 6.07 Å². The Kier molecular flexibility index (Phi) is 3.14. The summed E-state index contributed by atoms with van der Waals surface area (Å²) >= 11 is 0. The first-order valence-electron chi connectivity index (χ1n) is 4.97. The van der Waals surface area contributed by atoms with Crippen LogP contribution in [-0.2, 0) is 10.0 Å². The van der Waals surface area contributed by atoms with Crippen molar-refractivity contribution in [1.82, 2.24) is 0 Å². The Balaban J connectivity index is 2.82. The van der Waals surface area contributed by atoms with Crippen molar-refractivity contribution in [2.75, 3.05) is 0 Å². The lowest BCUT2D eigenvalue weighted by molar-refractivity contribution is 0.486. The zero-order valence-corrected chi connectivity index (χ0v) is 9.92. The van der Waals surface area contributed by atoms with Crippen molar-refractivity contribution in [3.05, 3.63) is 54.1 Å². The Morgan fingerprint density at radius 1 is 0.944 bits per heavy atom. The third-order valence-electron chi connectivity index (χ3n) is 2.42. The highest BCUT2D eigenvalue weighted by Gasteiger charge is 2.23. The average molecular weight is 269 g/mol. The van der Waals surface area contributed by atoms with Gasteiger partial charge in [0, 0.05) is 5.56 Å². The molecule has 0 heterocycles. The molecule has 0 fully saturated rings. The van der Waals surface area contributed by atoms with Crippen molar-refractivity contribution in [3.8, 4) is 11.1 Å². The summed E-state index contributed by atoms with van der Waals surface area (Å²) in [6, 6.07) is 10.3. The molecule has 6 heteroatoms. The van der Waals surface area contributed by atoms with Gasteiger partial charge in [0.15, 0.2) is 11.6 Å². The second kappa shape index (κ2) is 4.47. The lowest BCUT2D eigenvalue weighted by atomic mass is 10.1. The maximum absolute atomic E-state index is 13.6. The molecule has 94 valence electrons. The number of rotatable bonds is 2. The van der Waals surface area contributed by atoms with E-state index in [1.54, 1.807) is 30.3 Å². The van der Waals surface area contributed by atoms with E-state index in [2.05, 4.69) is 0 Å². The maximum Gasteiger partial charge on any atom is 0.241 e. The largest absolute Gasteiger partial charge is 0.241 e. The fourth-order valence-electron chi connectivity index (χ4n) is 1.66. The van der Waals surface area contributed by atoms with Gasteiger partial charge in [-0.25, -0.2) is 22.3 Å². The standard InChI is InChI=1S/C12H9F2NO2S/c13-10-7-6-9(8-4-2-1-3-5-8)12(11(10)14)18(15,16)17/h1-7H,(H2,15,16,17). The molecule has 0 aliphatic heterocycles.